The van der Waals surface area contributed by atoms with Crippen LogP contribution in [0.25, 0.3) is 0 Å². The molecule has 2 fully saturated rings. The molecule has 17 heavy (non-hydrogen) atoms. The fourth-order valence-corrected chi connectivity index (χ4v) is 3.21. The summed E-state index contributed by atoms with van der Waals surface area (Å²) < 4.78 is 20.7. The Morgan fingerprint density at radius 3 is 1.71 bits per heavy atom. The second kappa shape index (κ2) is 5.64. The largest absolute Gasteiger partial charge is 0.300 e. The van der Waals surface area contributed by atoms with E-state index in [1.807, 2.05) is 0 Å². The maximum atomic E-state index is 10.3. The van der Waals surface area contributed by atoms with E-state index in [0.717, 1.165) is 24.9 Å². The molecule has 2 saturated heterocycles. The van der Waals surface area contributed by atoms with Crippen LogP contribution in [0.2, 0.25) is 0 Å². The number of piperidine rings is 1. The van der Waals surface area contributed by atoms with E-state index in [2.05, 4.69) is 32.7 Å². The molecule has 1 nitrogen and oxygen atoms in total. The van der Waals surface area contributed by atoms with E-state index < -0.39 is 6.43 Å². The van der Waals surface area contributed by atoms with Gasteiger partial charge in [-0.1, -0.05) is 20.8 Å². The molecule has 3 heteroatoms. The molecule has 0 aromatic carbocycles. The lowest BCUT2D eigenvalue weighted by atomic mass is 9.69. The molecule has 0 radical (unpaired) electrons. The quantitative estimate of drug-likeness (QED) is 0.672. The highest BCUT2D eigenvalue weighted by molar-refractivity contribution is 4.99. The van der Waals surface area contributed by atoms with Crippen molar-refractivity contribution in [2.75, 3.05) is 7.05 Å². The smallest absolute Gasteiger partial charge is 0.235 e. The van der Waals surface area contributed by atoms with Crippen LogP contribution in [0.3, 0.4) is 0 Å². The Labute approximate surface area is 105 Å². The molecule has 0 N–H and O–H groups in total. The third kappa shape index (κ3) is 3.64. The van der Waals surface area contributed by atoms with Gasteiger partial charge in [-0.05, 0) is 51.0 Å². The fraction of sp³-hybridized carbons (Fsp3) is 1.00. The van der Waals surface area contributed by atoms with Gasteiger partial charge in [-0.25, -0.2) is 8.78 Å². The molecular weight excluding hydrogens is 220 g/mol. The van der Waals surface area contributed by atoms with Crippen molar-refractivity contribution in [3.05, 3.63) is 0 Å². The van der Waals surface area contributed by atoms with Gasteiger partial charge in [0.1, 0.15) is 0 Å². The minimum absolute atomic E-state index is 0.623. The number of fused-ring (bicyclic) bond motifs is 2. The molecule has 0 spiro atoms. The summed E-state index contributed by atoms with van der Waals surface area (Å²) in [5, 5.41) is 0. The molecule has 2 rings (SSSR count). The van der Waals surface area contributed by atoms with Gasteiger partial charge < -0.3 is 4.90 Å². The fourth-order valence-electron chi connectivity index (χ4n) is 3.21. The number of hydrogen-bond acceptors (Lipinski definition) is 1. The molecule has 102 valence electrons. The molecule has 0 aliphatic carbocycles. The van der Waals surface area contributed by atoms with Crippen LogP contribution in [-0.4, -0.2) is 30.5 Å². The molecule has 0 saturated carbocycles. The van der Waals surface area contributed by atoms with Crippen LogP contribution in [0, 0.1) is 11.3 Å². The van der Waals surface area contributed by atoms with Gasteiger partial charge in [0.15, 0.2) is 0 Å². The van der Waals surface area contributed by atoms with E-state index in [9.17, 15) is 8.78 Å². The van der Waals surface area contributed by atoms with Crippen LogP contribution in [0.15, 0.2) is 0 Å². The third-order valence-electron chi connectivity index (χ3n) is 4.78. The van der Waals surface area contributed by atoms with Crippen molar-refractivity contribution in [2.24, 2.45) is 11.3 Å². The molecule has 2 bridgehead atoms. The normalized spacial score (nSPS) is 37.2. The zero-order valence-electron chi connectivity index (χ0n) is 11.8. The highest BCUT2D eigenvalue weighted by Crippen LogP contribution is 2.48. The van der Waals surface area contributed by atoms with E-state index in [1.54, 1.807) is 0 Å². The lowest BCUT2D eigenvalue weighted by molar-refractivity contribution is 0.0395. The van der Waals surface area contributed by atoms with Gasteiger partial charge >= 0.3 is 0 Å². The molecule has 2 unspecified atom stereocenters. The molecule has 0 amide bonds. The van der Waals surface area contributed by atoms with Crippen molar-refractivity contribution in [1.29, 1.82) is 0 Å². The van der Waals surface area contributed by atoms with E-state index in [4.69, 9.17) is 0 Å². The average molecular weight is 247 g/mol. The highest BCUT2D eigenvalue weighted by Gasteiger charge is 2.45. The van der Waals surface area contributed by atoms with Gasteiger partial charge in [-0.3, -0.25) is 0 Å². The number of nitrogens with zero attached hydrogens (tertiary/aromatic N) is 1. The van der Waals surface area contributed by atoms with Crippen LogP contribution in [0.1, 0.15) is 53.4 Å². The van der Waals surface area contributed by atoms with Crippen LogP contribution in [0.4, 0.5) is 8.78 Å². The third-order valence-corrected chi connectivity index (χ3v) is 4.78. The summed E-state index contributed by atoms with van der Waals surface area (Å²) in [6.45, 7) is 8.12. The topological polar surface area (TPSA) is 3.24 Å². The van der Waals surface area contributed by atoms with E-state index in [1.165, 1.54) is 25.7 Å². The van der Waals surface area contributed by atoms with E-state index in [0.29, 0.717) is 5.41 Å². The molecule has 2 aliphatic rings. The summed E-state index contributed by atoms with van der Waals surface area (Å²) in [5.74, 6) is 0.851. The SMILES string of the molecule is CC(C)C1(C)CC2CCC(C1)N2C.CC(F)F. The van der Waals surface area contributed by atoms with Gasteiger partial charge in [-0.15, -0.1) is 0 Å². The first kappa shape index (κ1) is 14.9. The monoisotopic (exact) mass is 247 g/mol. The van der Waals surface area contributed by atoms with Gasteiger partial charge in [0, 0.05) is 12.1 Å². The van der Waals surface area contributed by atoms with Crippen molar-refractivity contribution in [1.82, 2.24) is 4.90 Å². The van der Waals surface area contributed by atoms with E-state index >= 15 is 0 Å². The lowest BCUT2D eigenvalue weighted by Gasteiger charge is -2.45. The van der Waals surface area contributed by atoms with Gasteiger partial charge in [0.2, 0.25) is 6.43 Å². The van der Waals surface area contributed by atoms with Crippen LogP contribution in [-0.2, 0) is 0 Å². The average Bonchev–Trinajstić information content (AvgIpc) is 2.44. The number of hydrogen-bond donors (Lipinski definition) is 0. The standard InChI is InChI=1S/C12H23N.C2H4F2/c1-9(2)12(3)7-10-5-6-11(8-12)13(10)4;1-2(3)4/h9-11H,5-8H2,1-4H3;2H,1H3. The first-order chi connectivity index (χ1) is 7.76. The van der Waals surface area contributed by atoms with Crippen LogP contribution in [0.5, 0.6) is 0 Å². The Morgan fingerprint density at radius 1 is 1.06 bits per heavy atom. The van der Waals surface area contributed by atoms with Crippen molar-refractivity contribution >= 4 is 0 Å². The summed E-state index contributed by atoms with van der Waals surface area (Å²) in [5.41, 5.74) is 0.623. The summed E-state index contributed by atoms with van der Waals surface area (Å²) in [6, 6.07) is 1.79. The molecule has 2 heterocycles. The molecule has 0 aromatic heterocycles. The molecular formula is C14H27F2N. The first-order valence-corrected chi connectivity index (χ1v) is 6.76. The summed E-state index contributed by atoms with van der Waals surface area (Å²) >= 11 is 0. The predicted octanol–water partition coefficient (Wildman–Crippen LogP) is 4.18. The minimum Gasteiger partial charge on any atom is -0.300 e. The Morgan fingerprint density at radius 2 is 1.41 bits per heavy atom. The Hall–Kier alpha value is -0.180. The van der Waals surface area contributed by atoms with Gasteiger partial charge in [0.25, 0.3) is 0 Å². The number of halogens is 2. The zero-order chi connectivity index (χ0) is 13.2. The molecule has 2 aliphatic heterocycles. The predicted molar refractivity (Wildman–Crippen MR) is 68.4 cm³/mol. The minimum atomic E-state index is -2.17. The lowest BCUT2D eigenvalue weighted by Crippen LogP contribution is -2.46. The van der Waals surface area contributed by atoms with Crippen molar-refractivity contribution in [3.8, 4) is 0 Å². The Balaban J connectivity index is 0.000000317. The Kier molecular flexibility index (Phi) is 4.94. The summed E-state index contributed by atoms with van der Waals surface area (Å²) in [4.78, 5) is 2.63. The second-order valence-electron chi connectivity index (χ2n) is 6.29. The second-order valence-corrected chi connectivity index (χ2v) is 6.29. The maximum absolute atomic E-state index is 10.3. The summed E-state index contributed by atoms with van der Waals surface area (Å²) in [6.07, 6.45) is 3.59. The highest BCUT2D eigenvalue weighted by atomic mass is 19.3. The van der Waals surface area contributed by atoms with E-state index in [-0.39, 0.29) is 0 Å². The zero-order valence-corrected chi connectivity index (χ0v) is 11.8. The summed E-state index contributed by atoms with van der Waals surface area (Å²) in [7, 11) is 2.32. The molecule has 2 atom stereocenters. The van der Waals surface area contributed by atoms with Crippen molar-refractivity contribution in [2.45, 2.75) is 71.9 Å². The maximum Gasteiger partial charge on any atom is 0.235 e. The van der Waals surface area contributed by atoms with Gasteiger partial charge in [0.05, 0.1) is 0 Å². The van der Waals surface area contributed by atoms with Crippen molar-refractivity contribution in [3.63, 3.8) is 0 Å². The van der Waals surface area contributed by atoms with Crippen LogP contribution < -0.4 is 0 Å². The number of alkyl halides is 2. The van der Waals surface area contributed by atoms with Gasteiger partial charge in [-0.2, -0.15) is 0 Å². The first-order valence-electron chi connectivity index (χ1n) is 6.76. The number of rotatable bonds is 1. The van der Waals surface area contributed by atoms with Crippen molar-refractivity contribution < 1.29 is 8.78 Å². The Bertz CT molecular complexity index is 224. The molecule has 0 aromatic rings. The van der Waals surface area contributed by atoms with Crippen LogP contribution >= 0.6 is 0 Å².